The van der Waals surface area contributed by atoms with E-state index in [9.17, 15) is 4.39 Å². The molecule has 0 bridgehead atoms. The van der Waals surface area contributed by atoms with E-state index in [0.29, 0.717) is 24.8 Å². The molecule has 30 heavy (non-hydrogen) atoms. The van der Waals surface area contributed by atoms with Crippen molar-refractivity contribution in [2.75, 3.05) is 38.3 Å². The summed E-state index contributed by atoms with van der Waals surface area (Å²) < 4.78 is 26.6. The first-order chi connectivity index (χ1) is 14.7. The van der Waals surface area contributed by atoms with E-state index in [1.165, 1.54) is 12.1 Å². The van der Waals surface area contributed by atoms with E-state index in [2.05, 4.69) is 14.9 Å². The first-order valence-corrected chi connectivity index (χ1v) is 9.70. The van der Waals surface area contributed by atoms with E-state index in [4.69, 9.17) is 14.5 Å². The molecule has 1 fully saturated rings. The van der Waals surface area contributed by atoms with Crippen molar-refractivity contribution >= 4 is 16.9 Å². The molecule has 4 heterocycles. The molecule has 0 radical (unpaired) electrons. The van der Waals surface area contributed by atoms with Gasteiger partial charge in [-0.05, 0) is 30.3 Å². The summed E-state index contributed by atoms with van der Waals surface area (Å²) in [7, 11) is 1.63. The molecular weight excluding hydrogens is 385 g/mol. The normalized spacial score (nSPS) is 14.3. The number of ether oxygens (including phenoxy) is 2. The average molecular weight is 405 g/mol. The maximum absolute atomic E-state index is 13.5. The predicted molar refractivity (Wildman–Crippen MR) is 112 cm³/mol. The molecule has 8 heteroatoms. The Morgan fingerprint density at radius 3 is 2.63 bits per heavy atom. The van der Waals surface area contributed by atoms with E-state index >= 15 is 0 Å². The van der Waals surface area contributed by atoms with E-state index in [-0.39, 0.29) is 5.82 Å². The Bertz CT molecular complexity index is 1190. The SMILES string of the molecule is COc1cc(N2CCOCC2)ncc1-c1nc2ccncc2n1-c1ccc(F)cc1. The van der Waals surface area contributed by atoms with E-state index < -0.39 is 0 Å². The number of morpholine rings is 1. The Morgan fingerprint density at radius 2 is 1.87 bits per heavy atom. The highest BCUT2D eigenvalue weighted by Crippen LogP contribution is 2.35. The van der Waals surface area contributed by atoms with Gasteiger partial charge in [0.2, 0.25) is 0 Å². The third-order valence-electron chi connectivity index (χ3n) is 5.19. The largest absolute Gasteiger partial charge is 0.496 e. The molecule has 5 rings (SSSR count). The Kier molecular flexibility index (Phi) is 4.76. The molecule has 1 aromatic carbocycles. The smallest absolute Gasteiger partial charge is 0.151 e. The number of pyridine rings is 2. The molecule has 3 aromatic heterocycles. The number of hydrogen-bond acceptors (Lipinski definition) is 6. The lowest BCUT2D eigenvalue weighted by atomic mass is 10.2. The van der Waals surface area contributed by atoms with E-state index in [1.54, 1.807) is 37.8 Å². The van der Waals surface area contributed by atoms with Gasteiger partial charge in [-0.15, -0.1) is 0 Å². The zero-order valence-electron chi connectivity index (χ0n) is 16.5. The molecule has 0 aliphatic carbocycles. The summed E-state index contributed by atoms with van der Waals surface area (Å²) >= 11 is 0. The monoisotopic (exact) mass is 405 g/mol. The minimum absolute atomic E-state index is 0.294. The molecule has 0 spiro atoms. The van der Waals surface area contributed by atoms with Crippen LogP contribution in [0.25, 0.3) is 28.1 Å². The van der Waals surface area contributed by atoms with E-state index in [1.807, 2.05) is 16.7 Å². The summed E-state index contributed by atoms with van der Waals surface area (Å²) in [5.41, 5.74) is 3.12. The van der Waals surface area contributed by atoms with Crippen molar-refractivity contribution in [2.45, 2.75) is 0 Å². The molecule has 0 saturated carbocycles. The van der Waals surface area contributed by atoms with Crippen LogP contribution in [0.3, 0.4) is 0 Å². The number of imidazole rings is 1. The first kappa shape index (κ1) is 18.5. The zero-order valence-corrected chi connectivity index (χ0v) is 16.5. The number of aromatic nitrogens is 4. The number of rotatable bonds is 4. The second-order valence-corrected chi connectivity index (χ2v) is 6.95. The summed E-state index contributed by atoms with van der Waals surface area (Å²) in [5, 5.41) is 0. The summed E-state index contributed by atoms with van der Waals surface area (Å²) in [6.45, 7) is 2.93. The van der Waals surface area contributed by atoms with Crippen LogP contribution in [0.1, 0.15) is 0 Å². The molecule has 152 valence electrons. The van der Waals surface area contributed by atoms with Crippen LogP contribution in [0, 0.1) is 5.82 Å². The van der Waals surface area contributed by atoms with Crippen LogP contribution in [-0.2, 0) is 4.74 Å². The van der Waals surface area contributed by atoms with Crippen LogP contribution in [0.5, 0.6) is 5.75 Å². The van der Waals surface area contributed by atoms with Crippen molar-refractivity contribution in [3.05, 3.63) is 60.8 Å². The molecule has 0 unspecified atom stereocenters. The van der Waals surface area contributed by atoms with Gasteiger partial charge in [0.25, 0.3) is 0 Å². The lowest BCUT2D eigenvalue weighted by Gasteiger charge is -2.28. The molecule has 7 nitrogen and oxygen atoms in total. The number of hydrogen-bond donors (Lipinski definition) is 0. The summed E-state index contributed by atoms with van der Waals surface area (Å²) in [4.78, 5) is 15.9. The minimum atomic E-state index is -0.294. The predicted octanol–water partition coefficient (Wildman–Crippen LogP) is 3.47. The van der Waals surface area contributed by atoms with Crippen molar-refractivity contribution in [2.24, 2.45) is 0 Å². The van der Waals surface area contributed by atoms with Gasteiger partial charge in [0, 0.05) is 37.2 Å². The molecule has 0 atom stereocenters. The minimum Gasteiger partial charge on any atom is -0.496 e. The Hall–Kier alpha value is -3.52. The summed E-state index contributed by atoms with van der Waals surface area (Å²) in [6, 6.07) is 10.1. The van der Waals surface area contributed by atoms with Crippen LogP contribution >= 0.6 is 0 Å². The molecule has 0 N–H and O–H groups in total. The Morgan fingerprint density at radius 1 is 1.07 bits per heavy atom. The fourth-order valence-corrected chi connectivity index (χ4v) is 3.68. The second-order valence-electron chi connectivity index (χ2n) is 6.95. The summed E-state index contributed by atoms with van der Waals surface area (Å²) in [5.74, 6) is 1.86. The molecule has 1 saturated heterocycles. The van der Waals surface area contributed by atoms with Crippen LogP contribution in [0.15, 0.2) is 55.0 Å². The first-order valence-electron chi connectivity index (χ1n) is 9.70. The number of anilines is 1. The number of fused-ring (bicyclic) bond motifs is 1. The highest BCUT2D eigenvalue weighted by Gasteiger charge is 2.21. The van der Waals surface area contributed by atoms with Gasteiger partial charge in [0.1, 0.15) is 17.4 Å². The van der Waals surface area contributed by atoms with Gasteiger partial charge in [0.15, 0.2) is 5.82 Å². The van der Waals surface area contributed by atoms with Crippen LogP contribution < -0.4 is 9.64 Å². The van der Waals surface area contributed by atoms with Gasteiger partial charge in [-0.25, -0.2) is 14.4 Å². The van der Waals surface area contributed by atoms with Gasteiger partial charge in [-0.2, -0.15) is 0 Å². The number of benzene rings is 1. The van der Waals surface area contributed by atoms with Crippen molar-refractivity contribution in [1.82, 2.24) is 19.5 Å². The Balaban J connectivity index is 1.67. The quantitative estimate of drug-likeness (QED) is 0.518. The number of nitrogens with zero attached hydrogens (tertiary/aromatic N) is 5. The van der Waals surface area contributed by atoms with Crippen molar-refractivity contribution in [1.29, 1.82) is 0 Å². The van der Waals surface area contributed by atoms with Crippen molar-refractivity contribution < 1.29 is 13.9 Å². The summed E-state index contributed by atoms with van der Waals surface area (Å²) in [6.07, 6.45) is 5.22. The molecule has 1 aliphatic heterocycles. The van der Waals surface area contributed by atoms with Gasteiger partial charge < -0.3 is 14.4 Å². The van der Waals surface area contributed by atoms with Gasteiger partial charge >= 0.3 is 0 Å². The molecule has 1 aliphatic rings. The highest BCUT2D eigenvalue weighted by atomic mass is 19.1. The van der Waals surface area contributed by atoms with Crippen LogP contribution in [0.2, 0.25) is 0 Å². The standard InChI is InChI=1S/C22H20FN5O2/c1-29-20-12-21(27-8-10-30-11-9-27)25-13-17(20)22-26-18-6-7-24-14-19(18)28(22)16-4-2-15(23)3-5-16/h2-7,12-14H,8-11H2,1H3. The third-order valence-corrected chi connectivity index (χ3v) is 5.19. The maximum atomic E-state index is 13.5. The zero-order chi connectivity index (χ0) is 20.5. The third kappa shape index (κ3) is 3.25. The van der Waals surface area contributed by atoms with Crippen LogP contribution in [-0.4, -0.2) is 52.9 Å². The lowest BCUT2D eigenvalue weighted by Crippen LogP contribution is -2.36. The Labute approximate surface area is 172 Å². The van der Waals surface area contributed by atoms with Crippen molar-refractivity contribution in [3.63, 3.8) is 0 Å². The second kappa shape index (κ2) is 7.72. The highest BCUT2D eigenvalue weighted by molar-refractivity contribution is 5.83. The van der Waals surface area contributed by atoms with Gasteiger partial charge in [0.05, 0.1) is 43.1 Å². The van der Waals surface area contributed by atoms with Gasteiger partial charge in [-0.3, -0.25) is 9.55 Å². The molecule has 4 aromatic rings. The van der Waals surface area contributed by atoms with Crippen LogP contribution in [0.4, 0.5) is 10.2 Å². The maximum Gasteiger partial charge on any atom is 0.151 e. The van der Waals surface area contributed by atoms with Crippen molar-refractivity contribution in [3.8, 4) is 22.8 Å². The molecule has 0 amide bonds. The molecular formula is C22H20FN5O2. The topological polar surface area (TPSA) is 65.3 Å². The average Bonchev–Trinajstić information content (AvgIpc) is 3.19. The fourth-order valence-electron chi connectivity index (χ4n) is 3.68. The van der Waals surface area contributed by atoms with E-state index in [0.717, 1.165) is 41.2 Å². The fraction of sp³-hybridized carbons (Fsp3) is 0.227. The lowest BCUT2D eigenvalue weighted by molar-refractivity contribution is 0.122. The van der Waals surface area contributed by atoms with Gasteiger partial charge in [-0.1, -0.05) is 0 Å². The number of halogens is 1. The number of methoxy groups -OCH3 is 1.